The minimum Gasteiger partial charge on any atom is -0.299 e. The van der Waals surface area contributed by atoms with E-state index in [1.807, 2.05) is 0 Å². The van der Waals surface area contributed by atoms with E-state index >= 15 is 0 Å². The summed E-state index contributed by atoms with van der Waals surface area (Å²) in [6.07, 6.45) is 5.51. The molecule has 0 amide bonds. The lowest BCUT2D eigenvalue weighted by atomic mass is 9.81. The molecule has 96 valence electrons. The van der Waals surface area contributed by atoms with E-state index in [2.05, 4.69) is 41.5 Å². The first-order chi connectivity index (χ1) is 7.30. The Morgan fingerprint density at radius 1 is 1.12 bits per heavy atom. The zero-order chi connectivity index (χ0) is 12.8. The highest BCUT2D eigenvalue weighted by molar-refractivity contribution is 5.80. The lowest BCUT2D eigenvalue weighted by molar-refractivity contribution is -0.123. The van der Waals surface area contributed by atoms with Gasteiger partial charge in [0.25, 0.3) is 0 Å². The van der Waals surface area contributed by atoms with Crippen LogP contribution in [-0.2, 0) is 4.79 Å². The van der Waals surface area contributed by atoms with Crippen LogP contribution in [0, 0.1) is 17.3 Å². The smallest absolute Gasteiger partial charge is 0.135 e. The highest BCUT2D eigenvalue weighted by Gasteiger charge is 2.19. The predicted molar refractivity (Wildman–Crippen MR) is 71.5 cm³/mol. The fourth-order valence-electron chi connectivity index (χ4n) is 2.14. The van der Waals surface area contributed by atoms with Crippen LogP contribution in [0.4, 0.5) is 0 Å². The molecule has 0 saturated heterocycles. The summed E-state index contributed by atoms with van der Waals surface area (Å²) >= 11 is 0. The van der Waals surface area contributed by atoms with Gasteiger partial charge in [0.15, 0.2) is 0 Å². The fourth-order valence-corrected chi connectivity index (χ4v) is 2.14. The number of carbonyl (C=O) groups excluding carboxylic acids is 1. The molecular weight excluding hydrogens is 196 g/mol. The van der Waals surface area contributed by atoms with Crippen LogP contribution >= 0.6 is 0 Å². The van der Waals surface area contributed by atoms with E-state index in [4.69, 9.17) is 0 Å². The van der Waals surface area contributed by atoms with Crippen LogP contribution in [0.5, 0.6) is 0 Å². The van der Waals surface area contributed by atoms with Gasteiger partial charge in [0.05, 0.1) is 0 Å². The Kier molecular flexibility index (Phi) is 6.94. The molecule has 0 aliphatic carbocycles. The summed E-state index contributed by atoms with van der Waals surface area (Å²) in [5.74, 6) is 1.16. The lowest BCUT2D eigenvalue weighted by Gasteiger charge is -2.24. The number of rotatable bonds is 8. The molecule has 0 radical (unpaired) electrons. The van der Waals surface area contributed by atoms with Gasteiger partial charge in [0, 0.05) is 12.3 Å². The molecule has 0 aromatic rings. The Labute approximate surface area is 102 Å². The Morgan fingerprint density at radius 2 is 1.69 bits per heavy atom. The molecular formula is C15H30O. The summed E-state index contributed by atoms with van der Waals surface area (Å²) in [4.78, 5) is 11.8. The third-order valence-corrected chi connectivity index (χ3v) is 3.71. The van der Waals surface area contributed by atoms with Gasteiger partial charge >= 0.3 is 0 Å². The molecule has 1 atom stereocenters. The molecule has 1 heteroatoms. The molecule has 1 unspecified atom stereocenters. The molecule has 16 heavy (non-hydrogen) atoms. The van der Waals surface area contributed by atoms with Crippen molar-refractivity contribution in [2.45, 2.75) is 73.6 Å². The topological polar surface area (TPSA) is 17.1 Å². The monoisotopic (exact) mass is 226 g/mol. The van der Waals surface area contributed by atoms with Crippen molar-refractivity contribution >= 4 is 5.78 Å². The molecule has 0 saturated carbocycles. The average Bonchev–Trinajstić information content (AvgIpc) is 2.15. The molecule has 0 N–H and O–H groups in total. The van der Waals surface area contributed by atoms with Crippen LogP contribution in [0.1, 0.15) is 73.6 Å². The minimum absolute atomic E-state index is 0.231. The van der Waals surface area contributed by atoms with Crippen molar-refractivity contribution in [3.63, 3.8) is 0 Å². The van der Waals surface area contributed by atoms with Crippen molar-refractivity contribution in [2.24, 2.45) is 17.3 Å². The van der Waals surface area contributed by atoms with Crippen molar-refractivity contribution in [1.82, 2.24) is 0 Å². The molecule has 0 bridgehead atoms. The fraction of sp³-hybridized carbons (Fsp3) is 0.933. The Hall–Kier alpha value is -0.330. The number of carbonyl (C=O) groups is 1. The SMILES string of the molecule is CCCC(C)(C)CCCC(=O)C(C)C(C)C. The Bertz CT molecular complexity index is 203. The second kappa shape index (κ2) is 7.09. The van der Waals surface area contributed by atoms with Crippen molar-refractivity contribution in [1.29, 1.82) is 0 Å². The minimum atomic E-state index is 0.231. The number of Topliss-reactive ketones (excluding diaryl/α,β-unsaturated/α-hetero) is 1. The molecule has 0 aliphatic heterocycles. The van der Waals surface area contributed by atoms with Gasteiger partial charge in [0.1, 0.15) is 5.78 Å². The van der Waals surface area contributed by atoms with Gasteiger partial charge in [-0.05, 0) is 30.6 Å². The standard InChI is InChI=1S/C15H30O/c1-7-10-15(5,6)11-8-9-14(16)13(4)12(2)3/h12-13H,7-11H2,1-6H3. The second-order valence-corrected chi connectivity index (χ2v) is 6.27. The molecule has 0 heterocycles. The normalized spacial score (nSPS) is 14.2. The first-order valence-electron chi connectivity index (χ1n) is 6.83. The summed E-state index contributed by atoms with van der Waals surface area (Å²) in [6, 6.07) is 0. The zero-order valence-electron chi connectivity index (χ0n) is 12.1. The summed E-state index contributed by atoms with van der Waals surface area (Å²) in [7, 11) is 0. The number of hydrogen-bond acceptors (Lipinski definition) is 1. The van der Waals surface area contributed by atoms with E-state index in [1.54, 1.807) is 0 Å². The molecule has 0 aromatic carbocycles. The van der Waals surface area contributed by atoms with Crippen LogP contribution in [0.2, 0.25) is 0 Å². The first kappa shape index (κ1) is 15.7. The zero-order valence-corrected chi connectivity index (χ0v) is 12.1. The largest absolute Gasteiger partial charge is 0.299 e. The van der Waals surface area contributed by atoms with Gasteiger partial charge in [-0.2, -0.15) is 0 Å². The van der Waals surface area contributed by atoms with Crippen LogP contribution in [0.3, 0.4) is 0 Å². The predicted octanol–water partition coefficient (Wildman–Crippen LogP) is 4.84. The number of ketones is 1. The van der Waals surface area contributed by atoms with Gasteiger partial charge in [-0.15, -0.1) is 0 Å². The van der Waals surface area contributed by atoms with E-state index in [0.717, 1.165) is 12.8 Å². The van der Waals surface area contributed by atoms with Gasteiger partial charge in [-0.25, -0.2) is 0 Å². The van der Waals surface area contributed by atoms with E-state index in [1.165, 1.54) is 19.3 Å². The van der Waals surface area contributed by atoms with E-state index < -0.39 is 0 Å². The maximum atomic E-state index is 11.8. The summed E-state index contributed by atoms with van der Waals surface area (Å²) < 4.78 is 0. The summed E-state index contributed by atoms with van der Waals surface area (Å²) in [5.41, 5.74) is 0.413. The number of hydrogen-bond donors (Lipinski definition) is 0. The van der Waals surface area contributed by atoms with Gasteiger partial charge in [0.2, 0.25) is 0 Å². The summed E-state index contributed by atoms with van der Waals surface area (Å²) in [6.45, 7) is 13.2. The molecule has 0 aliphatic rings. The third-order valence-electron chi connectivity index (χ3n) is 3.71. The van der Waals surface area contributed by atoms with E-state index in [0.29, 0.717) is 17.1 Å². The highest BCUT2D eigenvalue weighted by Crippen LogP contribution is 2.29. The molecule has 0 fully saturated rings. The second-order valence-electron chi connectivity index (χ2n) is 6.27. The molecule has 0 aromatic heterocycles. The van der Waals surface area contributed by atoms with Crippen molar-refractivity contribution in [2.75, 3.05) is 0 Å². The Balaban J connectivity index is 3.86. The van der Waals surface area contributed by atoms with E-state index in [-0.39, 0.29) is 5.92 Å². The van der Waals surface area contributed by atoms with Crippen LogP contribution in [-0.4, -0.2) is 5.78 Å². The summed E-state index contributed by atoms with van der Waals surface area (Å²) in [5, 5.41) is 0. The maximum absolute atomic E-state index is 11.8. The average molecular weight is 226 g/mol. The van der Waals surface area contributed by atoms with Crippen LogP contribution in [0.15, 0.2) is 0 Å². The first-order valence-corrected chi connectivity index (χ1v) is 6.83. The highest BCUT2D eigenvalue weighted by atomic mass is 16.1. The van der Waals surface area contributed by atoms with Crippen molar-refractivity contribution < 1.29 is 4.79 Å². The van der Waals surface area contributed by atoms with Crippen LogP contribution < -0.4 is 0 Å². The maximum Gasteiger partial charge on any atom is 0.135 e. The molecule has 0 rings (SSSR count). The van der Waals surface area contributed by atoms with E-state index in [9.17, 15) is 4.79 Å². The lowest BCUT2D eigenvalue weighted by Crippen LogP contribution is -2.18. The molecule has 1 nitrogen and oxygen atoms in total. The quantitative estimate of drug-likeness (QED) is 0.578. The van der Waals surface area contributed by atoms with Crippen molar-refractivity contribution in [3.05, 3.63) is 0 Å². The van der Waals surface area contributed by atoms with Crippen molar-refractivity contribution in [3.8, 4) is 0 Å². The van der Waals surface area contributed by atoms with Crippen LogP contribution in [0.25, 0.3) is 0 Å². The van der Waals surface area contributed by atoms with Gasteiger partial charge in [-0.3, -0.25) is 4.79 Å². The van der Waals surface area contributed by atoms with Gasteiger partial charge < -0.3 is 0 Å². The van der Waals surface area contributed by atoms with Gasteiger partial charge in [-0.1, -0.05) is 48.0 Å². The molecule has 0 spiro atoms. The third kappa shape index (κ3) is 6.30. The Morgan fingerprint density at radius 3 is 2.12 bits per heavy atom.